The van der Waals surface area contributed by atoms with E-state index in [4.69, 9.17) is 0 Å². The van der Waals surface area contributed by atoms with Gasteiger partial charge < -0.3 is 10.2 Å². The molecule has 2 atom stereocenters. The van der Waals surface area contributed by atoms with Crippen molar-refractivity contribution < 1.29 is 10.2 Å². The molecule has 0 unspecified atom stereocenters. The highest BCUT2D eigenvalue weighted by atomic mass is 16.3. The molecule has 1 aromatic rings. The summed E-state index contributed by atoms with van der Waals surface area (Å²) in [5, 5.41) is 20.0. The smallest absolute Gasteiger partial charge is 0.105 e. The third-order valence-corrected chi connectivity index (χ3v) is 3.39. The molecule has 2 nitrogen and oxygen atoms in total. The van der Waals surface area contributed by atoms with E-state index in [-0.39, 0.29) is 0 Å². The van der Waals surface area contributed by atoms with E-state index in [9.17, 15) is 10.2 Å². The molecule has 102 valence electrons. The summed E-state index contributed by atoms with van der Waals surface area (Å²) in [5.74, 6) is 0. The Balaban J connectivity index is 2.32. The van der Waals surface area contributed by atoms with Crippen molar-refractivity contribution in [1.29, 1.82) is 0 Å². The van der Waals surface area contributed by atoms with Gasteiger partial charge in [0.15, 0.2) is 0 Å². The summed E-state index contributed by atoms with van der Waals surface area (Å²) in [7, 11) is 0. The Kier molecular flexibility index (Phi) is 6.99. The van der Waals surface area contributed by atoms with Gasteiger partial charge in [-0.1, -0.05) is 68.9 Å². The van der Waals surface area contributed by atoms with Gasteiger partial charge in [0, 0.05) is 0 Å². The summed E-state index contributed by atoms with van der Waals surface area (Å²) in [5.41, 5.74) is 1.97. The summed E-state index contributed by atoms with van der Waals surface area (Å²) < 4.78 is 0. The van der Waals surface area contributed by atoms with Crippen molar-refractivity contribution in [2.24, 2.45) is 0 Å². The van der Waals surface area contributed by atoms with Crippen molar-refractivity contribution in [2.45, 2.75) is 64.6 Å². The normalized spacial score (nSPS) is 14.4. The number of aliphatic hydroxyl groups excluding tert-OH is 2. The summed E-state index contributed by atoms with van der Waals surface area (Å²) in [6.07, 6.45) is 5.13. The summed E-state index contributed by atoms with van der Waals surface area (Å²) in [6.45, 7) is 4.20. The zero-order valence-electron chi connectivity index (χ0n) is 11.6. The molecule has 0 aliphatic carbocycles. The molecule has 2 heteroatoms. The molecule has 0 aliphatic rings. The molecule has 0 bridgehead atoms. The van der Waals surface area contributed by atoms with Crippen LogP contribution >= 0.6 is 0 Å². The van der Waals surface area contributed by atoms with Gasteiger partial charge >= 0.3 is 0 Å². The first-order valence-electron chi connectivity index (χ1n) is 7.08. The highest BCUT2D eigenvalue weighted by molar-refractivity contribution is 5.23. The van der Waals surface area contributed by atoms with E-state index in [0.29, 0.717) is 6.42 Å². The Morgan fingerprint density at radius 2 is 1.56 bits per heavy atom. The number of aliphatic hydroxyl groups is 2. The lowest BCUT2D eigenvalue weighted by atomic mass is 9.98. The van der Waals surface area contributed by atoms with Crippen LogP contribution in [0.3, 0.4) is 0 Å². The van der Waals surface area contributed by atoms with E-state index in [0.717, 1.165) is 18.4 Å². The van der Waals surface area contributed by atoms with Crippen LogP contribution in [0.4, 0.5) is 0 Å². The molecule has 0 saturated carbocycles. The van der Waals surface area contributed by atoms with Gasteiger partial charge in [-0.05, 0) is 18.9 Å². The molecule has 0 aliphatic heterocycles. The van der Waals surface area contributed by atoms with Crippen molar-refractivity contribution in [1.82, 2.24) is 0 Å². The minimum Gasteiger partial charge on any atom is -0.390 e. The van der Waals surface area contributed by atoms with E-state index < -0.39 is 12.2 Å². The van der Waals surface area contributed by atoms with Crippen LogP contribution in [0.5, 0.6) is 0 Å². The van der Waals surface area contributed by atoms with Crippen LogP contribution in [0, 0.1) is 6.92 Å². The van der Waals surface area contributed by atoms with Gasteiger partial charge in [-0.2, -0.15) is 0 Å². The number of rotatable bonds is 8. The Morgan fingerprint density at radius 1 is 0.944 bits per heavy atom. The van der Waals surface area contributed by atoms with Crippen LogP contribution in [0.1, 0.15) is 62.7 Å². The van der Waals surface area contributed by atoms with Crippen molar-refractivity contribution in [3.63, 3.8) is 0 Å². The molecular formula is C16H26O2. The Labute approximate surface area is 111 Å². The van der Waals surface area contributed by atoms with Crippen LogP contribution in [0.2, 0.25) is 0 Å². The Morgan fingerprint density at radius 3 is 2.17 bits per heavy atom. The Bertz CT molecular complexity index is 318. The van der Waals surface area contributed by atoms with Crippen LogP contribution in [-0.4, -0.2) is 16.3 Å². The fourth-order valence-corrected chi connectivity index (χ4v) is 2.10. The number of benzene rings is 1. The third-order valence-electron chi connectivity index (χ3n) is 3.39. The second-order valence-corrected chi connectivity index (χ2v) is 5.13. The number of hydrogen-bond acceptors (Lipinski definition) is 2. The first kappa shape index (κ1) is 15.2. The average Bonchev–Trinajstić information content (AvgIpc) is 2.38. The summed E-state index contributed by atoms with van der Waals surface area (Å²) >= 11 is 0. The maximum atomic E-state index is 10.0. The SMILES string of the molecule is CCCCCCC[C@H](O)[C@H](O)c1ccc(C)cc1. The number of aryl methyl sites for hydroxylation is 1. The van der Waals surface area contributed by atoms with Crippen molar-refractivity contribution >= 4 is 0 Å². The van der Waals surface area contributed by atoms with Gasteiger partial charge in [-0.25, -0.2) is 0 Å². The molecule has 0 fully saturated rings. The molecular weight excluding hydrogens is 224 g/mol. The quantitative estimate of drug-likeness (QED) is 0.690. The first-order chi connectivity index (χ1) is 8.65. The van der Waals surface area contributed by atoms with Gasteiger partial charge in [0.2, 0.25) is 0 Å². The number of unbranched alkanes of at least 4 members (excludes halogenated alkanes) is 4. The topological polar surface area (TPSA) is 40.5 Å². The first-order valence-corrected chi connectivity index (χ1v) is 7.08. The summed E-state index contributed by atoms with van der Waals surface area (Å²) in [6, 6.07) is 7.71. The van der Waals surface area contributed by atoms with E-state index in [1.54, 1.807) is 0 Å². The maximum absolute atomic E-state index is 10.0. The van der Waals surface area contributed by atoms with Crippen LogP contribution in [0.25, 0.3) is 0 Å². The van der Waals surface area contributed by atoms with Crippen molar-refractivity contribution in [2.75, 3.05) is 0 Å². The average molecular weight is 250 g/mol. The second kappa shape index (κ2) is 8.28. The molecule has 0 amide bonds. The van der Waals surface area contributed by atoms with Gasteiger partial charge in [-0.3, -0.25) is 0 Å². The summed E-state index contributed by atoms with van der Waals surface area (Å²) in [4.78, 5) is 0. The third kappa shape index (κ3) is 5.19. The fraction of sp³-hybridized carbons (Fsp3) is 0.625. The molecule has 1 aromatic carbocycles. The van der Waals surface area contributed by atoms with Gasteiger partial charge in [0.25, 0.3) is 0 Å². The monoisotopic (exact) mass is 250 g/mol. The highest BCUT2D eigenvalue weighted by Crippen LogP contribution is 2.21. The van der Waals surface area contributed by atoms with E-state index >= 15 is 0 Å². The van der Waals surface area contributed by atoms with Crippen molar-refractivity contribution in [3.8, 4) is 0 Å². The molecule has 2 N–H and O–H groups in total. The van der Waals surface area contributed by atoms with E-state index in [2.05, 4.69) is 6.92 Å². The van der Waals surface area contributed by atoms with E-state index in [1.807, 2.05) is 31.2 Å². The lowest BCUT2D eigenvalue weighted by Crippen LogP contribution is -2.18. The van der Waals surface area contributed by atoms with E-state index in [1.165, 1.54) is 24.8 Å². The molecule has 0 spiro atoms. The lowest BCUT2D eigenvalue weighted by Gasteiger charge is -2.18. The minimum absolute atomic E-state index is 0.644. The highest BCUT2D eigenvalue weighted by Gasteiger charge is 2.17. The standard InChI is InChI=1S/C16H26O2/c1-3-4-5-6-7-8-15(17)16(18)14-11-9-13(2)10-12-14/h9-12,15-18H,3-8H2,1-2H3/t15-,16+/m0/s1. The number of hydrogen-bond donors (Lipinski definition) is 2. The zero-order chi connectivity index (χ0) is 13.4. The van der Waals surface area contributed by atoms with Crippen LogP contribution in [-0.2, 0) is 0 Å². The van der Waals surface area contributed by atoms with Gasteiger partial charge in [0.05, 0.1) is 6.10 Å². The molecule has 0 heterocycles. The Hall–Kier alpha value is -0.860. The minimum atomic E-state index is -0.753. The predicted molar refractivity (Wildman–Crippen MR) is 75.5 cm³/mol. The predicted octanol–water partition coefficient (Wildman–Crippen LogP) is 3.75. The fourth-order valence-electron chi connectivity index (χ4n) is 2.10. The molecule has 0 aromatic heterocycles. The van der Waals surface area contributed by atoms with Crippen LogP contribution in [0.15, 0.2) is 24.3 Å². The largest absolute Gasteiger partial charge is 0.390 e. The maximum Gasteiger partial charge on any atom is 0.105 e. The molecule has 18 heavy (non-hydrogen) atoms. The lowest BCUT2D eigenvalue weighted by molar-refractivity contribution is 0.0120. The van der Waals surface area contributed by atoms with Gasteiger partial charge in [-0.15, -0.1) is 0 Å². The zero-order valence-corrected chi connectivity index (χ0v) is 11.6. The molecule has 0 radical (unpaired) electrons. The van der Waals surface area contributed by atoms with Gasteiger partial charge in [0.1, 0.15) is 6.10 Å². The van der Waals surface area contributed by atoms with Crippen LogP contribution < -0.4 is 0 Å². The molecule has 0 saturated heterocycles. The van der Waals surface area contributed by atoms with Crippen molar-refractivity contribution in [3.05, 3.63) is 35.4 Å². The molecule has 1 rings (SSSR count). The second-order valence-electron chi connectivity index (χ2n) is 5.13.